The van der Waals surface area contributed by atoms with Gasteiger partial charge in [-0.1, -0.05) is 17.7 Å². The van der Waals surface area contributed by atoms with Crippen molar-refractivity contribution in [1.82, 2.24) is 4.98 Å². The Balaban J connectivity index is 2.57. The minimum Gasteiger partial charge on any atom is -0.480 e. The third-order valence-electron chi connectivity index (χ3n) is 3.20. The van der Waals surface area contributed by atoms with E-state index < -0.39 is 5.97 Å². The van der Waals surface area contributed by atoms with Crippen LogP contribution in [0.2, 0.25) is 0 Å². The van der Waals surface area contributed by atoms with Crippen molar-refractivity contribution < 1.29 is 9.90 Å². The van der Waals surface area contributed by atoms with Crippen molar-refractivity contribution in [3.05, 3.63) is 30.0 Å². The molecule has 0 saturated heterocycles. The first kappa shape index (κ1) is 15.1. The number of nitrogens with one attached hydrogen (secondary N) is 1. The minimum atomic E-state index is -0.871. The van der Waals surface area contributed by atoms with E-state index in [1.807, 2.05) is 13.0 Å². The summed E-state index contributed by atoms with van der Waals surface area (Å²) in [5, 5.41) is 14.4. The number of carboxylic acids is 1. The van der Waals surface area contributed by atoms with Crippen molar-refractivity contribution in [3.8, 4) is 0 Å². The lowest BCUT2D eigenvalue weighted by molar-refractivity contribution is -0.135. The van der Waals surface area contributed by atoms with Gasteiger partial charge in [0, 0.05) is 23.9 Å². The van der Waals surface area contributed by atoms with Gasteiger partial charge in [-0.25, -0.2) is 4.98 Å². The first-order valence-electron chi connectivity index (χ1n) is 6.97. The highest BCUT2D eigenvalue weighted by Gasteiger charge is 2.13. The third-order valence-corrected chi connectivity index (χ3v) is 3.20. The number of likely N-dealkylation sites (N-methyl/N-ethyl adjacent to an activating group) is 1. The molecule has 0 fully saturated rings. The smallest absolute Gasteiger partial charge is 0.323 e. The fraction of sp³-hybridized carbons (Fsp3) is 0.375. The molecule has 2 rings (SSSR count). The predicted molar refractivity (Wildman–Crippen MR) is 86.1 cm³/mol. The van der Waals surface area contributed by atoms with Gasteiger partial charge in [-0.15, -0.1) is 0 Å². The minimum absolute atomic E-state index is 0.0764. The molecule has 21 heavy (non-hydrogen) atoms. The van der Waals surface area contributed by atoms with Crippen LogP contribution in [0.25, 0.3) is 10.8 Å². The number of carboxylic acid groups (broad SMARTS) is 1. The molecule has 1 heterocycles. The van der Waals surface area contributed by atoms with Crippen LogP contribution in [0.4, 0.5) is 11.5 Å². The number of rotatable bonds is 5. The summed E-state index contributed by atoms with van der Waals surface area (Å²) in [4.78, 5) is 17.0. The number of nitrogens with zero attached hydrogens (tertiary/aromatic N) is 2. The largest absolute Gasteiger partial charge is 0.480 e. The fourth-order valence-corrected chi connectivity index (χ4v) is 2.35. The van der Waals surface area contributed by atoms with E-state index in [9.17, 15) is 4.79 Å². The maximum atomic E-state index is 10.9. The van der Waals surface area contributed by atoms with Crippen molar-refractivity contribution in [2.45, 2.75) is 26.8 Å². The Kier molecular flexibility index (Phi) is 4.31. The number of aryl methyl sites for hydroxylation is 1. The summed E-state index contributed by atoms with van der Waals surface area (Å²) in [7, 11) is 1.74. The van der Waals surface area contributed by atoms with E-state index in [0.717, 1.165) is 22.0 Å². The SMILES string of the molecule is Cc1ccc2c(NC(C)C)cnc(N(C)CC(=O)O)c2c1. The van der Waals surface area contributed by atoms with Gasteiger partial charge in [-0.2, -0.15) is 0 Å². The summed E-state index contributed by atoms with van der Waals surface area (Å²) in [5.74, 6) is -0.185. The van der Waals surface area contributed by atoms with Gasteiger partial charge >= 0.3 is 5.97 Å². The van der Waals surface area contributed by atoms with E-state index in [0.29, 0.717) is 11.9 Å². The molecule has 0 aliphatic heterocycles. The topological polar surface area (TPSA) is 65.5 Å². The quantitative estimate of drug-likeness (QED) is 0.885. The zero-order chi connectivity index (χ0) is 15.6. The van der Waals surface area contributed by atoms with Crippen LogP contribution < -0.4 is 10.2 Å². The number of hydrogen-bond acceptors (Lipinski definition) is 4. The molecule has 112 valence electrons. The number of carbonyl (C=O) groups is 1. The summed E-state index contributed by atoms with van der Waals surface area (Å²) in [5.41, 5.74) is 2.09. The van der Waals surface area contributed by atoms with Crippen molar-refractivity contribution in [2.24, 2.45) is 0 Å². The standard InChI is InChI=1S/C16H21N3O2/c1-10(2)18-14-8-17-16(19(4)9-15(20)21)13-7-11(3)5-6-12(13)14/h5-8,10,18H,9H2,1-4H3,(H,20,21). The Morgan fingerprint density at radius 2 is 2.10 bits per heavy atom. The predicted octanol–water partition coefficient (Wildman–Crippen LogP) is 2.88. The lowest BCUT2D eigenvalue weighted by Gasteiger charge is -2.20. The average Bonchev–Trinajstić information content (AvgIpc) is 2.36. The molecular formula is C16H21N3O2. The molecule has 0 bridgehead atoms. The Morgan fingerprint density at radius 3 is 2.71 bits per heavy atom. The van der Waals surface area contributed by atoms with Crippen molar-refractivity contribution in [3.63, 3.8) is 0 Å². The molecule has 0 radical (unpaired) electrons. The Morgan fingerprint density at radius 1 is 1.38 bits per heavy atom. The number of benzene rings is 1. The summed E-state index contributed by atoms with van der Waals surface area (Å²) in [6.45, 7) is 6.09. The third kappa shape index (κ3) is 3.42. The zero-order valence-corrected chi connectivity index (χ0v) is 12.8. The van der Waals surface area contributed by atoms with Gasteiger partial charge in [-0.3, -0.25) is 4.79 Å². The maximum absolute atomic E-state index is 10.9. The van der Waals surface area contributed by atoms with Crippen LogP contribution in [-0.4, -0.2) is 35.7 Å². The van der Waals surface area contributed by atoms with Gasteiger partial charge in [0.05, 0.1) is 11.9 Å². The molecule has 0 spiro atoms. The normalized spacial score (nSPS) is 10.9. The van der Waals surface area contributed by atoms with Crippen molar-refractivity contribution in [1.29, 1.82) is 0 Å². The lowest BCUT2D eigenvalue weighted by atomic mass is 10.1. The average molecular weight is 287 g/mol. The van der Waals surface area contributed by atoms with Crippen LogP contribution in [0, 0.1) is 6.92 Å². The van der Waals surface area contributed by atoms with E-state index in [1.54, 1.807) is 18.1 Å². The van der Waals surface area contributed by atoms with E-state index >= 15 is 0 Å². The van der Waals surface area contributed by atoms with Crippen molar-refractivity contribution in [2.75, 3.05) is 23.8 Å². The zero-order valence-electron chi connectivity index (χ0n) is 12.8. The molecule has 0 aliphatic carbocycles. The monoisotopic (exact) mass is 287 g/mol. The van der Waals surface area contributed by atoms with Crippen LogP contribution in [0.3, 0.4) is 0 Å². The van der Waals surface area contributed by atoms with Gasteiger partial charge in [0.15, 0.2) is 0 Å². The number of pyridine rings is 1. The molecule has 0 amide bonds. The van der Waals surface area contributed by atoms with Crippen LogP contribution in [0.15, 0.2) is 24.4 Å². The van der Waals surface area contributed by atoms with Gasteiger partial charge < -0.3 is 15.3 Å². The number of aliphatic carboxylic acids is 1. The molecule has 5 nitrogen and oxygen atoms in total. The number of aromatic nitrogens is 1. The van der Waals surface area contributed by atoms with Crippen LogP contribution in [0.5, 0.6) is 0 Å². The second kappa shape index (κ2) is 5.99. The van der Waals surface area contributed by atoms with Crippen molar-refractivity contribution >= 4 is 28.2 Å². The van der Waals surface area contributed by atoms with E-state index in [1.165, 1.54) is 0 Å². The van der Waals surface area contributed by atoms with E-state index in [4.69, 9.17) is 5.11 Å². The highest BCUT2D eigenvalue weighted by Crippen LogP contribution is 2.30. The molecule has 0 aliphatic rings. The lowest BCUT2D eigenvalue weighted by Crippen LogP contribution is -2.26. The first-order chi connectivity index (χ1) is 9.88. The molecule has 0 atom stereocenters. The Hall–Kier alpha value is -2.30. The van der Waals surface area contributed by atoms with Gasteiger partial charge in [0.25, 0.3) is 0 Å². The van der Waals surface area contributed by atoms with Crippen LogP contribution in [-0.2, 0) is 4.79 Å². The molecule has 1 aromatic carbocycles. The summed E-state index contributed by atoms with van der Waals surface area (Å²) >= 11 is 0. The highest BCUT2D eigenvalue weighted by atomic mass is 16.4. The van der Waals surface area contributed by atoms with E-state index in [2.05, 4.69) is 36.3 Å². The summed E-state index contributed by atoms with van der Waals surface area (Å²) < 4.78 is 0. The van der Waals surface area contributed by atoms with Gasteiger partial charge in [-0.05, 0) is 26.8 Å². The number of hydrogen-bond donors (Lipinski definition) is 2. The number of fused-ring (bicyclic) bond motifs is 1. The summed E-state index contributed by atoms with van der Waals surface area (Å²) in [6.07, 6.45) is 1.77. The Labute approximate surface area is 124 Å². The van der Waals surface area contributed by atoms with Crippen LogP contribution >= 0.6 is 0 Å². The second-order valence-corrected chi connectivity index (χ2v) is 5.59. The second-order valence-electron chi connectivity index (χ2n) is 5.59. The highest BCUT2D eigenvalue weighted by molar-refractivity contribution is 6.01. The molecule has 5 heteroatoms. The van der Waals surface area contributed by atoms with E-state index in [-0.39, 0.29) is 6.54 Å². The molecule has 2 N–H and O–H groups in total. The molecular weight excluding hydrogens is 266 g/mol. The maximum Gasteiger partial charge on any atom is 0.323 e. The summed E-state index contributed by atoms with van der Waals surface area (Å²) in [6, 6.07) is 6.45. The molecule has 1 aromatic heterocycles. The fourth-order valence-electron chi connectivity index (χ4n) is 2.35. The van der Waals surface area contributed by atoms with Crippen LogP contribution in [0.1, 0.15) is 19.4 Å². The molecule has 0 unspecified atom stereocenters. The molecule has 2 aromatic rings. The first-order valence-corrected chi connectivity index (χ1v) is 6.97. The Bertz CT molecular complexity index is 668. The van der Waals surface area contributed by atoms with Gasteiger partial charge in [0.2, 0.25) is 0 Å². The van der Waals surface area contributed by atoms with Gasteiger partial charge in [0.1, 0.15) is 12.4 Å². The number of anilines is 2. The molecule has 0 saturated carbocycles.